The van der Waals surface area contributed by atoms with Crippen molar-refractivity contribution in [3.63, 3.8) is 0 Å². The largest absolute Gasteiger partial charge is 0.393 e. The molecule has 1 unspecified atom stereocenters. The Morgan fingerprint density at radius 1 is 1.40 bits per heavy atom. The Morgan fingerprint density at radius 3 is 2.85 bits per heavy atom. The summed E-state index contributed by atoms with van der Waals surface area (Å²) in [7, 11) is 0. The lowest BCUT2D eigenvalue weighted by Gasteiger charge is -2.04. The number of hydrogen-bond donors (Lipinski definition) is 2. The second kappa shape index (κ2) is 6.86. The van der Waals surface area contributed by atoms with Gasteiger partial charge in [0.1, 0.15) is 0 Å². The summed E-state index contributed by atoms with van der Waals surface area (Å²) in [6.45, 7) is 2.34. The lowest BCUT2D eigenvalue weighted by molar-refractivity contribution is -0.116. The second-order valence-electron chi connectivity index (χ2n) is 4.85. The third-order valence-corrected chi connectivity index (χ3v) is 2.89. The van der Waals surface area contributed by atoms with Crippen molar-refractivity contribution in [3.8, 4) is 0 Å². The van der Waals surface area contributed by atoms with Crippen molar-refractivity contribution in [1.82, 2.24) is 9.78 Å². The number of aliphatic hydroxyl groups excluding tert-OH is 1. The van der Waals surface area contributed by atoms with Gasteiger partial charge < -0.3 is 10.4 Å². The predicted molar refractivity (Wildman–Crippen MR) is 77.3 cm³/mol. The van der Waals surface area contributed by atoms with E-state index in [0.717, 1.165) is 5.56 Å². The van der Waals surface area contributed by atoms with Crippen molar-refractivity contribution in [3.05, 3.63) is 48.3 Å². The molecular weight excluding hydrogens is 254 g/mol. The first-order chi connectivity index (χ1) is 9.63. The van der Waals surface area contributed by atoms with Crippen molar-refractivity contribution < 1.29 is 9.90 Å². The van der Waals surface area contributed by atoms with Gasteiger partial charge >= 0.3 is 0 Å². The molecular formula is C15H19N3O2. The van der Waals surface area contributed by atoms with Gasteiger partial charge in [-0.15, -0.1) is 0 Å². The molecule has 0 saturated heterocycles. The van der Waals surface area contributed by atoms with E-state index in [1.54, 1.807) is 24.0 Å². The molecule has 1 aromatic carbocycles. The van der Waals surface area contributed by atoms with E-state index in [2.05, 4.69) is 10.4 Å². The summed E-state index contributed by atoms with van der Waals surface area (Å²) in [5.74, 6) is -0.106. The summed E-state index contributed by atoms with van der Waals surface area (Å²) in [5.41, 5.74) is 1.83. The molecule has 0 aliphatic heterocycles. The van der Waals surface area contributed by atoms with Gasteiger partial charge in [-0.1, -0.05) is 30.3 Å². The Labute approximate surface area is 118 Å². The first-order valence-electron chi connectivity index (χ1n) is 6.68. The van der Waals surface area contributed by atoms with Crippen molar-refractivity contribution in [2.75, 3.05) is 5.32 Å². The average Bonchev–Trinajstić information content (AvgIpc) is 2.85. The van der Waals surface area contributed by atoms with Crippen molar-refractivity contribution in [2.24, 2.45) is 0 Å². The predicted octanol–water partition coefficient (Wildman–Crippen LogP) is 2.03. The minimum Gasteiger partial charge on any atom is -0.393 e. The van der Waals surface area contributed by atoms with Gasteiger partial charge in [0, 0.05) is 12.6 Å². The molecule has 0 bridgehead atoms. The van der Waals surface area contributed by atoms with Gasteiger partial charge in [-0.2, -0.15) is 5.10 Å². The molecule has 1 heterocycles. The third kappa shape index (κ3) is 4.51. The summed E-state index contributed by atoms with van der Waals surface area (Å²) >= 11 is 0. The van der Waals surface area contributed by atoms with Crippen LogP contribution in [0.5, 0.6) is 0 Å². The van der Waals surface area contributed by atoms with Gasteiger partial charge in [-0.05, 0) is 18.9 Å². The molecule has 0 aliphatic rings. The van der Waals surface area contributed by atoms with Gasteiger partial charge in [-0.25, -0.2) is 0 Å². The molecule has 0 radical (unpaired) electrons. The SMILES string of the molecule is CC(O)CCC(=O)Nc1cnn(Cc2ccccc2)c1. The number of carbonyl (C=O) groups is 1. The number of nitrogens with zero attached hydrogens (tertiary/aromatic N) is 2. The summed E-state index contributed by atoms with van der Waals surface area (Å²) < 4.78 is 1.78. The molecule has 0 fully saturated rings. The smallest absolute Gasteiger partial charge is 0.224 e. The highest BCUT2D eigenvalue weighted by Gasteiger charge is 2.06. The first kappa shape index (κ1) is 14.3. The number of anilines is 1. The monoisotopic (exact) mass is 273 g/mol. The maximum Gasteiger partial charge on any atom is 0.224 e. The van der Waals surface area contributed by atoms with E-state index in [1.165, 1.54) is 0 Å². The topological polar surface area (TPSA) is 67.2 Å². The molecule has 5 nitrogen and oxygen atoms in total. The number of benzene rings is 1. The molecule has 20 heavy (non-hydrogen) atoms. The Bertz CT molecular complexity index is 549. The summed E-state index contributed by atoms with van der Waals surface area (Å²) in [5, 5.41) is 16.1. The Hall–Kier alpha value is -2.14. The zero-order chi connectivity index (χ0) is 14.4. The van der Waals surface area contributed by atoms with Crippen LogP contribution in [0.4, 0.5) is 5.69 Å². The second-order valence-corrected chi connectivity index (χ2v) is 4.85. The summed E-state index contributed by atoms with van der Waals surface area (Å²) in [6.07, 6.45) is 3.74. The highest BCUT2D eigenvalue weighted by atomic mass is 16.3. The fraction of sp³-hybridized carbons (Fsp3) is 0.333. The van der Waals surface area contributed by atoms with Crippen LogP contribution in [-0.4, -0.2) is 26.9 Å². The zero-order valence-corrected chi connectivity index (χ0v) is 11.5. The van der Waals surface area contributed by atoms with Gasteiger partial charge in [0.2, 0.25) is 5.91 Å². The Morgan fingerprint density at radius 2 is 2.15 bits per heavy atom. The average molecular weight is 273 g/mol. The van der Waals surface area contributed by atoms with E-state index < -0.39 is 6.10 Å². The lowest BCUT2D eigenvalue weighted by atomic mass is 10.2. The van der Waals surface area contributed by atoms with Crippen LogP contribution in [0.25, 0.3) is 0 Å². The molecule has 2 N–H and O–H groups in total. The van der Waals surface area contributed by atoms with Gasteiger partial charge in [0.15, 0.2) is 0 Å². The van der Waals surface area contributed by atoms with Gasteiger partial charge in [0.25, 0.3) is 0 Å². The number of nitrogens with one attached hydrogen (secondary N) is 1. The van der Waals surface area contributed by atoms with E-state index in [9.17, 15) is 4.79 Å². The standard InChI is InChI=1S/C15H19N3O2/c1-12(19)7-8-15(20)17-14-9-16-18(11-14)10-13-5-3-2-4-6-13/h2-6,9,11-12,19H,7-8,10H2,1H3,(H,17,20). The molecule has 2 rings (SSSR count). The highest BCUT2D eigenvalue weighted by molar-refractivity contribution is 5.90. The molecule has 0 spiro atoms. The minimum absolute atomic E-state index is 0.106. The molecule has 0 saturated carbocycles. The number of rotatable bonds is 6. The molecule has 1 aromatic heterocycles. The molecule has 0 aliphatic carbocycles. The number of aliphatic hydroxyl groups is 1. The van der Waals surface area contributed by atoms with E-state index in [1.807, 2.05) is 30.3 Å². The summed E-state index contributed by atoms with van der Waals surface area (Å²) in [6, 6.07) is 10.0. The number of aromatic nitrogens is 2. The fourth-order valence-corrected chi connectivity index (χ4v) is 1.85. The quantitative estimate of drug-likeness (QED) is 0.846. The van der Waals surface area contributed by atoms with Crippen LogP contribution < -0.4 is 5.32 Å². The van der Waals surface area contributed by atoms with Crippen LogP contribution >= 0.6 is 0 Å². The first-order valence-corrected chi connectivity index (χ1v) is 6.68. The maximum atomic E-state index is 11.6. The molecule has 2 aromatic rings. The van der Waals surface area contributed by atoms with E-state index >= 15 is 0 Å². The minimum atomic E-state index is -0.457. The molecule has 1 amide bonds. The van der Waals surface area contributed by atoms with Crippen LogP contribution in [0.1, 0.15) is 25.3 Å². The van der Waals surface area contributed by atoms with Crippen molar-refractivity contribution in [2.45, 2.75) is 32.4 Å². The number of hydrogen-bond acceptors (Lipinski definition) is 3. The summed E-state index contributed by atoms with van der Waals surface area (Å²) in [4.78, 5) is 11.6. The number of amides is 1. The molecule has 106 valence electrons. The van der Waals surface area contributed by atoms with Crippen LogP contribution in [0.2, 0.25) is 0 Å². The number of carbonyl (C=O) groups excluding carboxylic acids is 1. The fourth-order valence-electron chi connectivity index (χ4n) is 1.85. The van der Waals surface area contributed by atoms with Gasteiger partial charge in [-0.3, -0.25) is 9.48 Å². The third-order valence-electron chi connectivity index (χ3n) is 2.89. The lowest BCUT2D eigenvalue weighted by Crippen LogP contribution is -2.13. The Balaban J connectivity index is 1.87. The molecule has 1 atom stereocenters. The maximum absolute atomic E-state index is 11.6. The van der Waals surface area contributed by atoms with Crippen LogP contribution in [0.3, 0.4) is 0 Å². The van der Waals surface area contributed by atoms with Gasteiger partial charge in [0.05, 0.1) is 24.5 Å². The van der Waals surface area contributed by atoms with Crippen molar-refractivity contribution in [1.29, 1.82) is 0 Å². The highest BCUT2D eigenvalue weighted by Crippen LogP contribution is 2.09. The Kier molecular flexibility index (Phi) is 4.90. The molecule has 5 heteroatoms. The van der Waals surface area contributed by atoms with E-state index in [-0.39, 0.29) is 5.91 Å². The zero-order valence-electron chi connectivity index (χ0n) is 11.5. The van der Waals surface area contributed by atoms with E-state index in [4.69, 9.17) is 5.11 Å². The van der Waals surface area contributed by atoms with Crippen molar-refractivity contribution >= 4 is 11.6 Å². The van der Waals surface area contributed by atoms with Crippen LogP contribution in [-0.2, 0) is 11.3 Å². The normalized spacial score (nSPS) is 12.1. The van der Waals surface area contributed by atoms with Crippen LogP contribution in [0.15, 0.2) is 42.7 Å². The van der Waals surface area contributed by atoms with E-state index in [0.29, 0.717) is 25.1 Å². The van der Waals surface area contributed by atoms with Crippen LogP contribution in [0, 0.1) is 0 Å².